The second kappa shape index (κ2) is 7.57. The summed E-state index contributed by atoms with van der Waals surface area (Å²) in [6.07, 6.45) is 0. The van der Waals surface area contributed by atoms with Crippen molar-refractivity contribution >= 4 is 11.8 Å². The number of ether oxygens (including phenoxy) is 2. The summed E-state index contributed by atoms with van der Waals surface area (Å²) in [5.41, 5.74) is 1.40. The highest BCUT2D eigenvalue weighted by Gasteiger charge is 2.17. The van der Waals surface area contributed by atoms with Gasteiger partial charge < -0.3 is 9.47 Å². The SMILES string of the molecule is COc1ccc(-c2nc(S[C@H](C)c3ccccc3F)n[nH]2)c(OC)c1. The Labute approximate surface area is 149 Å². The minimum absolute atomic E-state index is 0.109. The number of benzene rings is 2. The zero-order valence-electron chi connectivity index (χ0n) is 14.1. The average Bonchev–Trinajstić information content (AvgIpc) is 3.09. The zero-order chi connectivity index (χ0) is 17.8. The lowest BCUT2D eigenvalue weighted by molar-refractivity contribution is 0.395. The van der Waals surface area contributed by atoms with E-state index in [4.69, 9.17) is 9.47 Å². The molecule has 0 aliphatic heterocycles. The average molecular weight is 359 g/mol. The van der Waals surface area contributed by atoms with Gasteiger partial charge in [-0.3, -0.25) is 5.10 Å². The predicted molar refractivity (Wildman–Crippen MR) is 95.6 cm³/mol. The Balaban J connectivity index is 1.82. The third kappa shape index (κ3) is 3.76. The number of nitrogens with zero attached hydrogens (tertiary/aromatic N) is 2. The van der Waals surface area contributed by atoms with Crippen LogP contribution in [0.5, 0.6) is 11.5 Å². The Morgan fingerprint density at radius 1 is 1.12 bits per heavy atom. The van der Waals surface area contributed by atoms with Gasteiger partial charge in [-0.15, -0.1) is 5.10 Å². The van der Waals surface area contributed by atoms with E-state index in [9.17, 15) is 4.39 Å². The van der Waals surface area contributed by atoms with Crippen LogP contribution in [-0.4, -0.2) is 29.4 Å². The Hall–Kier alpha value is -2.54. The molecule has 2 aromatic carbocycles. The van der Waals surface area contributed by atoms with Crippen LogP contribution >= 0.6 is 11.8 Å². The van der Waals surface area contributed by atoms with E-state index < -0.39 is 0 Å². The molecule has 0 bridgehead atoms. The van der Waals surface area contributed by atoms with E-state index in [2.05, 4.69) is 15.2 Å². The van der Waals surface area contributed by atoms with E-state index in [1.54, 1.807) is 32.4 Å². The summed E-state index contributed by atoms with van der Waals surface area (Å²) in [6, 6.07) is 12.2. The van der Waals surface area contributed by atoms with Gasteiger partial charge in [0.05, 0.1) is 19.8 Å². The first-order valence-electron chi connectivity index (χ1n) is 7.68. The summed E-state index contributed by atoms with van der Waals surface area (Å²) in [4.78, 5) is 4.49. The van der Waals surface area contributed by atoms with Gasteiger partial charge in [0.1, 0.15) is 17.3 Å². The predicted octanol–water partition coefficient (Wildman–Crippen LogP) is 4.48. The van der Waals surface area contributed by atoms with Gasteiger partial charge >= 0.3 is 0 Å². The highest BCUT2D eigenvalue weighted by atomic mass is 32.2. The van der Waals surface area contributed by atoms with E-state index in [1.807, 2.05) is 25.1 Å². The maximum absolute atomic E-state index is 13.9. The van der Waals surface area contributed by atoms with E-state index in [0.717, 1.165) is 5.56 Å². The molecule has 3 rings (SSSR count). The van der Waals surface area contributed by atoms with Gasteiger partial charge in [0.15, 0.2) is 5.82 Å². The molecular weight excluding hydrogens is 341 g/mol. The minimum atomic E-state index is -0.227. The van der Waals surface area contributed by atoms with Crippen LogP contribution in [0, 0.1) is 5.82 Å². The Morgan fingerprint density at radius 2 is 1.92 bits per heavy atom. The normalized spacial score (nSPS) is 12.0. The zero-order valence-corrected chi connectivity index (χ0v) is 14.9. The summed E-state index contributed by atoms with van der Waals surface area (Å²) in [7, 11) is 3.19. The van der Waals surface area contributed by atoms with Crippen LogP contribution in [0.1, 0.15) is 17.7 Å². The van der Waals surface area contributed by atoms with Crippen molar-refractivity contribution in [2.24, 2.45) is 0 Å². The molecule has 7 heteroatoms. The number of hydrogen-bond acceptors (Lipinski definition) is 5. The number of rotatable bonds is 6. The standard InChI is InChI=1S/C18H18FN3O2S/c1-11(13-6-4-5-7-15(13)19)25-18-20-17(21-22-18)14-9-8-12(23-2)10-16(14)24-3/h4-11H,1-3H3,(H,20,21,22)/t11-/m1/s1. The van der Waals surface area contributed by atoms with Crippen molar-refractivity contribution in [3.05, 3.63) is 53.8 Å². The van der Waals surface area contributed by atoms with Gasteiger partial charge in [0.25, 0.3) is 0 Å². The molecule has 1 atom stereocenters. The highest BCUT2D eigenvalue weighted by molar-refractivity contribution is 7.99. The van der Waals surface area contributed by atoms with Crippen LogP contribution in [-0.2, 0) is 0 Å². The van der Waals surface area contributed by atoms with Gasteiger partial charge in [-0.1, -0.05) is 30.0 Å². The maximum Gasteiger partial charge on any atom is 0.209 e. The lowest BCUT2D eigenvalue weighted by Gasteiger charge is -2.09. The quantitative estimate of drug-likeness (QED) is 0.658. The maximum atomic E-state index is 13.9. The van der Waals surface area contributed by atoms with Crippen molar-refractivity contribution in [2.75, 3.05) is 14.2 Å². The first-order valence-corrected chi connectivity index (χ1v) is 8.56. The van der Waals surface area contributed by atoms with Crippen LogP contribution in [0.25, 0.3) is 11.4 Å². The molecule has 25 heavy (non-hydrogen) atoms. The van der Waals surface area contributed by atoms with Crippen LogP contribution in [0.4, 0.5) is 4.39 Å². The molecule has 0 saturated heterocycles. The fourth-order valence-electron chi connectivity index (χ4n) is 2.44. The topological polar surface area (TPSA) is 60.0 Å². The molecule has 130 valence electrons. The first-order chi connectivity index (χ1) is 12.1. The van der Waals surface area contributed by atoms with E-state index >= 15 is 0 Å². The summed E-state index contributed by atoms with van der Waals surface area (Å²) in [6.45, 7) is 1.92. The summed E-state index contributed by atoms with van der Waals surface area (Å²) < 4.78 is 24.5. The molecule has 0 unspecified atom stereocenters. The molecule has 0 saturated carbocycles. The lowest BCUT2D eigenvalue weighted by Crippen LogP contribution is -1.93. The van der Waals surface area contributed by atoms with Crippen molar-refractivity contribution in [3.8, 4) is 22.9 Å². The number of methoxy groups -OCH3 is 2. The number of thioether (sulfide) groups is 1. The smallest absolute Gasteiger partial charge is 0.209 e. The minimum Gasteiger partial charge on any atom is -0.497 e. The fraction of sp³-hybridized carbons (Fsp3) is 0.222. The van der Waals surface area contributed by atoms with Gasteiger partial charge in [0.2, 0.25) is 5.16 Å². The van der Waals surface area contributed by atoms with E-state index in [1.165, 1.54) is 17.8 Å². The molecule has 0 aliphatic carbocycles. The molecule has 1 N–H and O–H groups in total. The molecule has 1 aromatic heterocycles. The Bertz CT molecular complexity index is 869. The third-order valence-electron chi connectivity index (χ3n) is 3.75. The summed E-state index contributed by atoms with van der Waals surface area (Å²) in [5, 5.41) is 7.57. The van der Waals surface area contributed by atoms with Gasteiger partial charge in [0, 0.05) is 16.9 Å². The molecule has 5 nitrogen and oxygen atoms in total. The van der Waals surface area contributed by atoms with Crippen molar-refractivity contribution in [3.63, 3.8) is 0 Å². The number of halogens is 1. The van der Waals surface area contributed by atoms with E-state index in [0.29, 0.717) is 28.0 Å². The van der Waals surface area contributed by atoms with Crippen molar-refractivity contribution in [1.82, 2.24) is 15.2 Å². The number of aromatic nitrogens is 3. The number of aromatic amines is 1. The van der Waals surface area contributed by atoms with Crippen LogP contribution in [0.3, 0.4) is 0 Å². The highest BCUT2D eigenvalue weighted by Crippen LogP contribution is 2.36. The lowest BCUT2D eigenvalue weighted by atomic mass is 10.1. The van der Waals surface area contributed by atoms with Gasteiger partial charge in [-0.25, -0.2) is 9.37 Å². The fourth-order valence-corrected chi connectivity index (χ4v) is 3.32. The molecule has 1 heterocycles. The molecule has 0 radical (unpaired) electrons. The van der Waals surface area contributed by atoms with Crippen LogP contribution < -0.4 is 9.47 Å². The van der Waals surface area contributed by atoms with Crippen LogP contribution in [0.15, 0.2) is 47.6 Å². The number of hydrogen-bond donors (Lipinski definition) is 1. The molecular formula is C18H18FN3O2S. The van der Waals surface area contributed by atoms with Crippen molar-refractivity contribution in [2.45, 2.75) is 17.3 Å². The Kier molecular flexibility index (Phi) is 5.23. The number of H-pyrrole nitrogens is 1. The second-order valence-corrected chi connectivity index (χ2v) is 6.62. The van der Waals surface area contributed by atoms with Crippen molar-refractivity contribution < 1.29 is 13.9 Å². The molecule has 0 aliphatic rings. The van der Waals surface area contributed by atoms with Gasteiger partial charge in [-0.05, 0) is 25.1 Å². The molecule has 0 amide bonds. The Morgan fingerprint density at radius 3 is 2.64 bits per heavy atom. The summed E-state index contributed by atoms with van der Waals surface area (Å²) in [5.74, 6) is 1.69. The van der Waals surface area contributed by atoms with Gasteiger partial charge in [-0.2, -0.15) is 0 Å². The monoisotopic (exact) mass is 359 g/mol. The van der Waals surface area contributed by atoms with E-state index in [-0.39, 0.29) is 11.1 Å². The summed E-state index contributed by atoms with van der Waals surface area (Å²) >= 11 is 1.39. The first kappa shape index (κ1) is 17.3. The molecule has 0 fully saturated rings. The number of nitrogens with one attached hydrogen (secondary N) is 1. The second-order valence-electron chi connectivity index (χ2n) is 5.31. The molecule has 0 spiro atoms. The van der Waals surface area contributed by atoms with Crippen LogP contribution in [0.2, 0.25) is 0 Å². The van der Waals surface area contributed by atoms with Crippen molar-refractivity contribution in [1.29, 1.82) is 0 Å². The third-order valence-corrected chi connectivity index (χ3v) is 4.75. The largest absolute Gasteiger partial charge is 0.497 e. The molecule has 3 aromatic rings.